The molecule has 0 bridgehead atoms. The molecular formula is C21H19N5O2S. The Balaban J connectivity index is 1.49. The van der Waals surface area contributed by atoms with Gasteiger partial charge in [0, 0.05) is 23.8 Å². The van der Waals surface area contributed by atoms with Gasteiger partial charge in [-0.2, -0.15) is 0 Å². The van der Waals surface area contributed by atoms with Crippen molar-refractivity contribution in [2.45, 2.75) is 18.5 Å². The van der Waals surface area contributed by atoms with Crippen LogP contribution in [-0.2, 0) is 11.2 Å². The largest absolute Gasteiger partial charge is 0.325 e. The zero-order chi connectivity index (χ0) is 20.2. The number of anilines is 1. The molecule has 0 fully saturated rings. The van der Waals surface area contributed by atoms with Crippen molar-refractivity contribution in [3.05, 3.63) is 82.9 Å². The van der Waals surface area contributed by atoms with Crippen molar-refractivity contribution < 1.29 is 4.79 Å². The van der Waals surface area contributed by atoms with Crippen LogP contribution in [-0.4, -0.2) is 30.8 Å². The molecule has 0 saturated carbocycles. The normalized spacial score (nSPS) is 10.9. The lowest BCUT2D eigenvalue weighted by Crippen LogP contribution is -2.20. The van der Waals surface area contributed by atoms with Crippen LogP contribution in [0.25, 0.3) is 11.3 Å². The van der Waals surface area contributed by atoms with E-state index in [2.05, 4.69) is 22.4 Å². The molecular weight excluding hydrogens is 386 g/mol. The molecule has 0 unspecified atom stereocenters. The number of hydrogen-bond donors (Lipinski definition) is 1. The van der Waals surface area contributed by atoms with Crippen LogP contribution in [0.2, 0.25) is 0 Å². The molecule has 2 aromatic heterocycles. The fourth-order valence-electron chi connectivity index (χ4n) is 2.95. The average molecular weight is 405 g/mol. The van der Waals surface area contributed by atoms with E-state index in [4.69, 9.17) is 0 Å². The van der Waals surface area contributed by atoms with Crippen molar-refractivity contribution in [2.24, 2.45) is 0 Å². The second-order valence-electron chi connectivity index (χ2n) is 6.38. The summed E-state index contributed by atoms with van der Waals surface area (Å²) in [5, 5.41) is 11.5. The van der Waals surface area contributed by atoms with Crippen LogP contribution in [0.4, 0.5) is 5.69 Å². The average Bonchev–Trinajstić information content (AvgIpc) is 3.17. The zero-order valence-corrected chi connectivity index (χ0v) is 16.6. The second-order valence-corrected chi connectivity index (χ2v) is 7.32. The van der Waals surface area contributed by atoms with Crippen LogP contribution in [0.5, 0.6) is 0 Å². The van der Waals surface area contributed by atoms with E-state index in [9.17, 15) is 9.59 Å². The third kappa shape index (κ3) is 4.07. The van der Waals surface area contributed by atoms with E-state index in [1.54, 1.807) is 16.8 Å². The van der Waals surface area contributed by atoms with Crippen molar-refractivity contribution in [3.63, 3.8) is 0 Å². The summed E-state index contributed by atoms with van der Waals surface area (Å²) in [6, 6.07) is 17.1. The summed E-state index contributed by atoms with van der Waals surface area (Å²) in [5.74, 6) is 0.0245. The molecule has 4 aromatic rings. The third-order valence-electron chi connectivity index (χ3n) is 4.43. The van der Waals surface area contributed by atoms with Gasteiger partial charge in [-0.15, -0.1) is 10.2 Å². The lowest BCUT2D eigenvalue weighted by atomic mass is 10.1. The van der Waals surface area contributed by atoms with Crippen LogP contribution in [0.3, 0.4) is 0 Å². The number of hydrogen-bond acceptors (Lipinski definition) is 5. The Morgan fingerprint density at radius 1 is 1.07 bits per heavy atom. The minimum atomic E-state index is -0.265. The van der Waals surface area contributed by atoms with Gasteiger partial charge in [-0.25, -0.2) is 0 Å². The van der Waals surface area contributed by atoms with Crippen molar-refractivity contribution in [2.75, 3.05) is 11.1 Å². The number of carbonyl (C=O) groups excluding carboxylic acids is 1. The smallest absolute Gasteiger partial charge is 0.300 e. The Morgan fingerprint density at radius 3 is 2.69 bits per heavy atom. The Morgan fingerprint density at radius 2 is 1.90 bits per heavy atom. The Hall–Kier alpha value is -3.39. The van der Waals surface area contributed by atoms with Gasteiger partial charge in [-0.1, -0.05) is 49.0 Å². The van der Waals surface area contributed by atoms with Crippen LogP contribution in [0, 0.1) is 0 Å². The number of nitrogens with one attached hydrogen (secondary N) is 1. The predicted octanol–water partition coefficient (Wildman–Crippen LogP) is 3.17. The maximum atomic E-state index is 12.7. The topological polar surface area (TPSA) is 81.3 Å². The van der Waals surface area contributed by atoms with E-state index in [0.29, 0.717) is 5.16 Å². The number of benzene rings is 2. The molecule has 0 saturated heterocycles. The first-order valence-electron chi connectivity index (χ1n) is 9.19. The molecule has 0 radical (unpaired) electrons. The first-order valence-corrected chi connectivity index (χ1v) is 10.2. The molecule has 0 aliphatic heterocycles. The van der Waals surface area contributed by atoms with E-state index in [1.807, 2.05) is 54.6 Å². The highest BCUT2D eigenvalue weighted by molar-refractivity contribution is 7.99. The number of amides is 1. The maximum absolute atomic E-state index is 12.7. The van der Waals surface area contributed by atoms with E-state index in [-0.39, 0.29) is 22.9 Å². The van der Waals surface area contributed by atoms with Gasteiger partial charge in [0.15, 0.2) is 5.16 Å². The quantitative estimate of drug-likeness (QED) is 0.498. The SMILES string of the molecule is CCc1cccc(NC(=O)CSc2nnc3c(=O)n(-c4ccccc4)ccn23)c1. The lowest BCUT2D eigenvalue weighted by molar-refractivity contribution is -0.113. The molecule has 0 aliphatic carbocycles. The van der Waals surface area contributed by atoms with Gasteiger partial charge in [0.2, 0.25) is 11.6 Å². The second kappa shape index (κ2) is 8.32. The number of thioether (sulfide) groups is 1. The molecule has 2 aromatic carbocycles. The fraction of sp³-hybridized carbons (Fsp3) is 0.143. The Bertz CT molecular complexity index is 1220. The van der Waals surface area contributed by atoms with Crippen LogP contribution < -0.4 is 10.9 Å². The number of aryl methyl sites for hydroxylation is 1. The van der Waals surface area contributed by atoms with E-state index < -0.39 is 0 Å². The van der Waals surface area contributed by atoms with Crippen molar-refractivity contribution in [1.82, 2.24) is 19.2 Å². The minimum Gasteiger partial charge on any atom is -0.325 e. The molecule has 146 valence electrons. The number of fused-ring (bicyclic) bond motifs is 1. The molecule has 1 amide bonds. The van der Waals surface area contributed by atoms with Crippen molar-refractivity contribution in [3.8, 4) is 5.69 Å². The van der Waals surface area contributed by atoms with Gasteiger partial charge in [0.05, 0.1) is 5.75 Å². The summed E-state index contributed by atoms with van der Waals surface area (Å²) in [4.78, 5) is 25.0. The van der Waals surface area contributed by atoms with E-state index >= 15 is 0 Å². The maximum Gasteiger partial charge on any atom is 0.300 e. The summed E-state index contributed by atoms with van der Waals surface area (Å²) >= 11 is 1.23. The minimum absolute atomic E-state index is 0.141. The number of para-hydroxylation sites is 1. The summed E-state index contributed by atoms with van der Waals surface area (Å²) < 4.78 is 3.13. The standard InChI is InChI=1S/C21H19N5O2S/c1-2-15-7-6-8-16(13-15)22-18(27)14-29-21-24-23-19-20(28)25(11-12-26(19)21)17-9-4-3-5-10-17/h3-13H,2,14H2,1H3,(H,22,27). The first kappa shape index (κ1) is 18.9. The van der Waals surface area contributed by atoms with Gasteiger partial charge in [0.25, 0.3) is 0 Å². The number of rotatable bonds is 6. The molecule has 1 N–H and O–H groups in total. The third-order valence-corrected chi connectivity index (χ3v) is 5.37. The van der Waals surface area contributed by atoms with Crippen LogP contribution in [0.1, 0.15) is 12.5 Å². The van der Waals surface area contributed by atoms with Crippen molar-refractivity contribution in [1.29, 1.82) is 0 Å². The molecule has 4 rings (SSSR count). The van der Waals surface area contributed by atoms with Gasteiger partial charge >= 0.3 is 5.56 Å². The lowest BCUT2D eigenvalue weighted by Gasteiger charge is -2.07. The molecule has 0 aliphatic rings. The highest BCUT2D eigenvalue weighted by atomic mass is 32.2. The van der Waals surface area contributed by atoms with Crippen molar-refractivity contribution >= 4 is 29.0 Å². The summed E-state index contributed by atoms with van der Waals surface area (Å²) in [6.45, 7) is 2.07. The zero-order valence-electron chi connectivity index (χ0n) is 15.8. The van der Waals surface area contributed by atoms with Gasteiger partial charge < -0.3 is 5.32 Å². The molecule has 29 heavy (non-hydrogen) atoms. The number of nitrogens with zero attached hydrogens (tertiary/aromatic N) is 4. The highest BCUT2D eigenvalue weighted by Gasteiger charge is 2.13. The predicted molar refractivity (Wildman–Crippen MR) is 114 cm³/mol. The molecule has 7 nitrogen and oxygen atoms in total. The molecule has 8 heteroatoms. The summed E-state index contributed by atoms with van der Waals surface area (Å²) in [6.07, 6.45) is 4.31. The van der Waals surface area contributed by atoms with E-state index in [1.165, 1.54) is 16.3 Å². The highest BCUT2D eigenvalue weighted by Crippen LogP contribution is 2.17. The Labute approximate surface area is 171 Å². The van der Waals surface area contributed by atoms with Gasteiger partial charge in [0.1, 0.15) is 0 Å². The van der Waals surface area contributed by atoms with Crippen LogP contribution >= 0.6 is 11.8 Å². The monoisotopic (exact) mass is 405 g/mol. The fourth-order valence-corrected chi connectivity index (χ4v) is 3.67. The summed E-state index contributed by atoms with van der Waals surface area (Å²) in [7, 11) is 0. The molecule has 2 heterocycles. The number of aromatic nitrogens is 4. The first-order chi connectivity index (χ1) is 14.2. The van der Waals surface area contributed by atoms with E-state index in [0.717, 1.165) is 23.4 Å². The number of carbonyl (C=O) groups is 1. The Kier molecular flexibility index (Phi) is 5.44. The van der Waals surface area contributed by atoms with Gasteiger partial charge in [-0.05, 0) is 36.2 Å². The molecule has 0 spiro atoms. The molecule has 0 atom stereocenters. The summed E-state index contributed by atoms with van der Waals surface area (Å²) in [5.41, 5.74) is 2.64. The van der Waals surface area contributed by atoms with Crippen LogP contribution in [0.15, 0.2) is 76.9 Å². The van der Waals surface area contributed by atoms with Gasteiger partial charge in [-0.3, -0.25) is 18.6 Å².